The van der Waals surface area contributed by atoms with E-state index >= 15 is 0 Å². The summed E-state index contributed by atoms with van der Waals surface area (Å²) in [6.07, 6.45) is 1.56. The zero-order valence-electron chi connectivity index (χ0n) is 14.4. The number of aryl methyl sites for hydroxylation is 1. The summed E-state index contributed by atoms with van der Waals surface area (Å²) in [5.41, 5.74) is 1.38. The third kappa shape index (κ3) is 4.33. The molecule has 0 aliphatic heterocycles. The van der Waals surface area contributed by atoms with E-state index in [-0.39, 0.29) is 10.8 Å². The third-order valence-corrected chi connectivity index (χ3v) is 6.55. The highest BCUT2D eigenvalue weighted by atomic mass is 32.2. The first kappa shape index (κ1) is 19.3. The van der Waals surface area contributed by atoms with Gasteiger partial charge in [-0.05, 0) is 48.9 Å². The number of hydrogen-bond donors (Lipinski definition) is 1. The van der Waals surface area contributed by atoms with Crippen LogP contribution in [0.1, 0.15) is 15.9 Å². The van der Waals surface area contributed by atoms with Gasteiger partial charge in [-0.25, -0.2) is 12.7 Å². The van der Waals surface area contributed by atoms with Gasteiger partial charge in [0.1, 0.15) is 0 Å². The first-order valence-corrected chi connectivity index (χ1v) is 10.4. The molecule has 0 saturated carbocycles. The summed E-state index contributed by atoms with van der Waals surface area (Å²) in [6.45, 7) is 1.70. The molecule has 2 aromatic carbocycles. The normalized spacial score (nSPS) is 12.8. The third-order valence-electron chi connectivity index (χ3n) is 3.65. The van der Waals surface area contributed by atoms with Crippen LogP contribution in [0.3, 0.4) is 0 Å². The molecule has 0 saturated heterocycles. The Morgan fingerprint density at radius 2 is 1.68 bits per heavy atom. The smallest absolute Gasteiger partial charge is 0.255 e. The zero-order chi connectivity index (χ0) is 18.8. The first-order chi connectivity index (χ1) is 11.6. The number of nitrogens with zero attached hydrogens (tertiary/aromatic N) is 1. The quantitative estimate of drug-likeness (QED) is 0.862. The van der Waals surface area contributed by atoms with Crippen molar-refractivity contribution in [3.8, 4) is 0 Å². The standard InChI is InChI=1S/C17H20N2O4S2/c1-12-5-8-14(11-16(12)25(22,23)19(2)3)18-17(20)13-6-9-15(10-7-13)24(4)21/h5-11H,1-4H3,(H,18,20). The van der Waals surface area contributed by atoms with Crippen LogP contribution in [0.2, 0.25) is 0 Å². The Morgan fingerprint density at radius 3 is 2.20 bits per heavy atom. The summed E-state index contributed by atoms with van der Waals surface area (Å²) in [4.78, 5) is 13.1. The van der Waals surface area contributed by atoms with Crippen molar-refractivity contribution in [3.05, 3.63) is 53.6 Å². The minimum atomic E-state index is -3.60. The Kier molecular flexibility index (Phi) is 5.76. The maximum Gasteiger partial charge on any atom is 0.255 e. The van der Waals surface area contributed by atoms with Crippen LogP contribution in [0, 0.1) is 6.92 Å². The van der Waals surface area contributed by atoms with Gasteiger partial charge in [0.25, 0.3) is 5.91 Å². The fraction of sp³-hybridized carbons (Fsp3) is 0.235. The second-order valence-electron chi connectivity index (χ2n) is 5.70. The number of benzene rings is 2. The highest BCUT2D eigenvalue weighted by Gasteiger charge is 2.20. The van der Waals surface area contributed by atoms with Gasteiger partial charge < -0.3 is 5.32 Å². The highest BCUT2D eigenvalue weighted by molar-refractivity contribution is 7.89. The van der Waals surface area contributed by atoms with Crippen molar-refractivity contribution in [2.45, 2.75) is 16.7 Å². The van der Waals surface area contributed by atoms with Crippen LogP contribution in [0.15, 0.2) is 52.3 Å². The molecule has 2 aromatic rings. The van der Waals surface area contributed by atoms with Gasteiger partial charge in [0.05, 0.1) is 4.90 Å². The predicted octanol–water partition coefficient (Wildman–Crippen LogP) is 2.24. The van der Waals surface area contributed by atoms with E-state index in [1.807, 2.05) is 0 Å². The maximum absolute atomic E-state index is 12.3. The second-order valence-corrected chi connectivity index (χ2v) is 9.20. The molecule has 0 radical (unpaired) electrons. The lowest BCUT2D eigenvalue weighted by Crippen LogP contribution is -2.23. The van der Waals surface area contributed by atoms with E-state index in [2.05, 4.69) is 5.32 Å². The molecule has 0 heterocycles. The molecule has 8 heteroatoms. The number of carbonyl (C=O) groups is 1. The first-order valence-electron chi connectivity index (χ1n) is 7.41. The summed E-state index contributed by atoms with van der Waals surface area (Å²) >= 11 is 0. The van der Waals surface area contributed by atoms with Crippen molar-refractivity contribution in [2.24, 2.45) is 0 Å². The molecule has 0 aliphatic carbocycles. The van der Waals surface area contributed by atoms with E-state index in [1.165, 1.54) is 20.2 Å². The van der Waals surface area contributed by atoms with E-state index in [4.69, 9.17) is 0 Å². The average molecular weight is 380 g/mol. The molecule has 6 nitrogen and oxygen atoms in total. The summed E-state index contributed by atoms with van der Waals surface area (Å²) in [5.74, 6) is -0.370. The van der Waals surface area contributed by atoms with Gasteiger partial charge in [-0.15, -0.1) is 0 Å². The molecule has 0 aliphatic rings. The average Bonchev–Trinajstić information content (AvgIpc) is 2.56. The fourth-order valence-electron chi connectivity index (χ4n) is 2.15. The lowest BCUT2D eigenvalue weighted by molar-refractivity contribution is 0.102. The van der Waals surface area contributed by atoms with Crippen molar-refractivity contribution in [2.75, 3.05) is 25.7 Å². The molecule has 0 aromatic heterocycles. The van der Waals surface area contributed by atoms with Gasteiger partial charge in [0.2, 0.25) is 10.0 Å². The number of nitrogens with one attached hydrogen (secondary N) is 1. The molecular weight excluding hydrogens is 360 g/mol. The number of anilines is 1. The Balaban J connectivity index is 2.28. The minimum absolute atomic E-state index is 0.145. The van der Waals surface area contributed by atoms with Crippen LogP contribution in [-0.4, -0.2) is 43.2 Å². The van der Waals surface area contributed by atoms with E-state index in [9.17, 15) is 17.4 Å². The molecule has 134 valence electrons. The predicted molar refractivity (Wildman–Crippen MR) is 98.8 cm³/mol. The van der Waals surface area contributed by atoms with Gasteiger partial charge in [-0.1, -0.05) is 6.07 Å². The zero-order valence-corrected chi connectivity index (χ0v) is 16.1. The minimum Gasteiger partial charge on any atom is -0.322 e. The van der Waals surface area contributed by atoms with Gasteiger partial charge >= 0.3 is 0 Å². The topological polar surface area (TPSA) is 83.5 Å². The van der Waals surface area contributed by atoms with Gasteiger partial charge in [-0.2, -0.15) is 0 Å². The number of sulfonamides is 1. The molecule has 1 unspecified atom stereocenters. The number of carbonyl (C=O) groups excluding carboxylic acids is 1. The second kappa shape index (κ2) is 7.47. The van der Waals surface area contributed by atoms with Gasteiger partial charge in [-0.3, -0.25) is 9.00 Å². The lowest BCUT2D eigenvalue weighted by Gasteiger charge is -2.15. The van der Waals surface area contributed by atoms with E-state index in [0.717, 1.165) is 4.31 Å². The number of rotatable bonds is 5. The van der Waals surface area contributed by atoms with E-state index < -0.39 is 20.8 Å². The van der Waals surface area contributed by atoms with Crippen LogP contribution < -0.4 is 5.32 Å². The van der Waals surface area contributed by atoms with E-state index in [1.54, 1.807) is 49.6 Å². The van der Waals surface area contributed by atoms with Crippen molar-refractivity contribution in [1.29, 1.82) is 0 Å². The molecule has 1 atom stereocenters. The molecule has 0 fully saturated rings. The van der Waals surface area contributed by atoms with Crippen molar-refractivity contribution in [3.63, 3.8) is 0 Å². The largest absolute Gasteiger partial charge is 0.322 e. The summed E-state index contributed by atoms with van der Waals surface area (Å²) < 4.78 is 37.2. The number of amides is 1. The number of hydrogen-bond acceptors (Lipinski definition) is 4. The maximum atomic E-state index is 12.3. The molecule has 2 rings (SSSR count). The Bertz CT molecular complexity index is 920. The van der Waals surface area contributed by atoms with Crippen LogP contribution in [-0.2, 0) is 20.8 Å². The summed E-state index contributed by atoms with van der Waals surface area (Å²) in [6, 6.07) is 11.2. The van der Waals surface area contributed by atoms with Gasteiger partial charge in [0.15, 0.2) is 0 Å². The molecule has 0 spiro atoms. The van der Waals surface area contributed by atoms with Crippen LogP contribution >= 0.6 is 0 Å². The molecule has 0 bridgehead atoms. The highest BCUT2D eigenvalue weighted by Crippen LogP contribution is 2.23. The monoisotopic (exact) mass is 380 g/mol. The Morgan fingerprint density at radius 1 is 1.08 bits per heavy atom. The van der Waals surface area contributed by atoms with Crippen LogP contribution in [0.5, 0.6) is 0 Å². The Labute approximate surface area is 150 Å². The molecular formula is C17H20N2O4S2. The molecule has 25 heavy (non-hydrogen) atoms. The van der Waals surface area contributed by atoms with Crippen molar-refractivity contribution in [1.82, 2.24) is 4.31 Å². The van der Waals surface area contributed by atoms with E-state index in [0.29, 0.717) is 21.7 Å². The molecule has 1 N–H and O–H groups in total. The Hall–Kier alpha value is -2.03. The lowest BCUT2D eigenvalue weighted by atomic mass is 10.2. The summed E-state index contributed by atoms with van der Waals surface area (Å²) in [7, 11) is -1.79. The summed E-state index contributed by atoms with van der Waals surface area (Å²) in [5, 5.41) is 2.69. The fourth-order valence-corrected chi connectivity index (χ4v) is 3.82. The van der Waals surface area contributed by atoms with Crippen molar-refractivity contribution >= 4 is 32.4 Å². The van der Waals surface area contributed by atoms with Crippen LogP contribution in [0.4, 0.5) is 5.69 Å². The molecule has 1 amide bonds. The van der Waals surface area contributed by atoms with Gasteiger partial charge in [0, 0.05) is 47.3 Å². The van der Waals surface area contributed by atoms with Crippen LogP contribution in [0.25, 0.3) is 0 Å². The SMILES string of the molecule is Cc1ccc(NC(=O)c2ccc(S(C)=O)cc2)cc1S(=O)(=O)N(C)C. The van der Waals surface area contributed by atoms with Crippen molar-refractivity contribution < 1.29 is 17.4 Å².